The van der Waals surface area contributed by atoms with E-state index in [1.54, 1.807) is 0 Å². The van der Waals surface area contributed by atoms with Crippen molar-refractivity contribution in [3.8, 4) is 0 Å². The summed E-state index contributed by atoms with van der Waals surface area (Å²) >= 11 is 0. The zero-order valence-electron chi connectivity index (χ0n) is 15.9. The van der Waals surface area contributed by atoms with E-state index in [1.165, 1.54) is 7.11 Å². The average Bonchev–Trinajstić information content (AvgIpc) is 3.19. The predicted molar refractivity (Wildman–Crippen MR) is 108 cm³/mol. The zero-order chi connectivity index (χ0) is 19.5. The molecule has 0 spiro atoms. The Bertz CT molecular complexity index is 972. The number of hydrogen-bond donors (Lipinski definition) is 1. The zero-order valence-corrected chi connectivity index (χ0v) is 15.9. The van der Waals surface area contributed by atoms with Gasteiger partial charge < -0.3 is 9.72 Å². The first-order chi connectivity index (χ1) is 13.7. The number of ether oxygens (including phenoxy) is 1. The van der Waals surface area contributed by atoms with Gasteiger partial charge in [-0.1, -0.05) is 48.5 Å². The number of likely N-dealkylation sites (tertiary alicyclic amines) is 1. The van der Waals surface area contributed by atoms with Crippen molar-refractivity contribution in [1.29, 1.82) is 0 Å². The van der Waals surface area contributed by atoms with Gasteiger partial charge in [-0.3, -0.25) is 14.5 Å². The number of hydrogen-bond acceptors (Lipinski definition) is 4. The van der Waals surface area contributed by atoms with Gasteiger partial charge in [-0.15, -0.1) is 0 Å². The maximum Gasteiger partial charge on any atom is 0.308 e. The summed E-state index contributed by atoms with van der Waals surface area (Å²) in [5.74, 6) is -0.153. The Morgan fingerprint density at radius 3 is 2.43 bits per heavy atom. The molecule has 28 heavy (non-hydrogen) atoms. The van der Waals surface area contributed by atoms with E-state index in [1.807, 2.05) is 60.8 Å². The summed E-state index contributed by atoms with van der Waals surface area (Å²) in [6.45, 7) is 1.38. The molecule has 2 heterocycles. The van der Waals surface area contributed by atoms with Crippen molar-refractivity contribution < 1.29 is 14.3 Å². The number of esters is 1. The molecule has 4 rings (SSSR count). The van der Waals surface area contributed by atoms with Crippen LogP contribution in [0.3, 0.4) is 0 Å². The van der Waals surface area contributed by atoms with Gasteiger partial charge in [0.15, 0.2) is 5.78 Å². The summed E-state index contributed by atoms with van der Waals surface area (Å²) in [4.78, 5) is 30.9. The number of aromatic nitrogens is 1. The monoisotopic (exact) mass is 376 g/mol. The van der Waals surface area contributed by atoms with Crippen molar-refractivity contribution in [3.63, 3.8) is 0 Å². The topological polar surface area (TPSA) is 62.4 Å². The Kier molecular flexibility index (Phi) is 5.26. The van der Waals surface area contributed by atoms with Crippen LogP contribution in [0, 0.1) is 5.92 Å². The lowest BCUT2D eigenvalue weighted by molar-refractivity contribution is -0.147. The van der Waals surface area contributed by atoms with E-state index in [-0.39, 0.29) is 23.7 Å². The highest BCUT2D eigenvalue weighted by atomic mass is 16.5. The van der Waals surface area contributed by atoms with E-state index in [0.717, 1.165) is 16.5 Å². The normalized spacial score (nSPS) is 16.8. The molecule has 1 aliphatic heterocycles. The summed E-state index contributed by atoms with van der Waals surface area (Å²) < 4.78 is 4.90. The van der Waals surface area contributed by atoms with E-state index >= 15 is 0 Å². The number of Topliss-reactive ketones (excluding diaryl/α,β-unsaturated/α-hetero) is 1. The van der Waals surface area contributed by atoms with Crippen molar-refractivity contribution in [2.24, 2.45) is 5.92 Å². The number of fused-ring (bicyclic) bond motifs is 1. The minimum atomic E-state index is -0.362. The van der Waals surface area contributed by atoms with Gasteiger partial charge in [0.25, 0.3) is 0 Å². The molecule has 0 aliphatic carbocycles. The van der Waals surface area contributed by atoms with Crippen molar-refractivity contribution in [1.82, 2.24) is 9.88 Å². The second-order valence-electron chi connectivity index (χ2n) is 7.26. The Balaban J connectivity index is 1.65. The van der Waals surface area contributed by atoms with Crippen LogP contribution in [0.2, 0.25) is 0 Å². The fourth-order valence-electron chi connectivity index (χ4n) is 4.15. The van der Waals surface area contributed by atoms with Crippen molar-refractivity contribution >= 4 is 22.7 Å². The first kappa shape index (κ1) is 18.4. The van der Waals surface area contributed by atoms with Crippen LogP contribution in [-0.4, -0.2) is 41.8 Å². The first-order valence-corrected chi connectivity index (χ1v) is 9.66. The molecule has 0 radical (unpaired) electrons. The lowest BCUT2D eigenvalue weighted by Gasteiger charge is -2.36. The fraction of sp³-hybridized carbons (Fsp3) is 0.304. The highest BCUT2D eigenvalue weighted by Gasteiger charge is 2.34. The van der Waals surface area contributed by atoms with Gasteiger partial charge in [-0.25, -0.2) is 0 Å². The van der Waals surface area contributed by atoms with Crippen molar-refractivity contribution in [3.05, 3.63) is 71.9 Å². The molecular weight excluding hydrogens is 352 g/mol. The minimum Gasteiger partial charge on any atom is -0.469 e. The number of H-pyrrole nitrogens is 1. The lowest BCUT2D eigenvalue weighted by atomic mass is 9.91. The molecular formula is C23H24N2O3. The molecule has 1 fully saturated rings. The Morgan fingerprint density at radius 2 is 1.71 bits per heavy atom. The van der Waals surface area contributed by atoms with Crippen LogP contribution in [0.15, 0.2) is 60.8 Å². The van der Waals surface area contributed by atoms with Crippen molar-refractivity contribution in [2.75, 3.05) is 20.2 Å². The second-order valence-corrected chi connectivity index (χ2v) is 7.26. The van der Waals surface area contributed by atoms with E-state index in [2.05, 4.69) is 9.88 Å². The summed E-state index contributed by atoms with van der Waals surface area (Å²) in [6.07, 6.45) is 3.22. The van der Waals surface area contributed by atoms with Crippen LogP contribution in [0.1, 0.15) is 34.8 Å². The first-order valence-electron chi connectivity index (χ1n) is 9.66. The largest absolute Gasteiger partial charge is 0.469 e. The molecule has 1 saturated heterocycles. The number of rotatable bonds is 5. The number of aromatic amines is 1. The molecule has 1 aliphatic rings. The van der Waals surface area contributed by atoms with Gasteiger partial charge in [0.05, 0.1) is 19.1 Å². The quantitative estimate of drug-likeness (QED) is 0.540. The number of methoxy groups -OCH3 is 1. The highest BCUT2D eigenvalue weighted by molar-refractivity contribution is 6.10. The van der Waals surface area contributed by atoms with Crippen LogP contribution >= 0.6 is 0 Å². The minimum absolute atomic E-state index is 0.0825. The molecule has 0 bridgehead atoms. The maximum absolute atomic E-state index is 13.6. The Hall–Kier alpha value is -2.92. The SMILES string of the molecule is COC(=O)C1CCN(C(C(=O)c2c[nH]c3ccccc23)c2ccccc2)CC1. The molecule has 2 aromatic carbocycles. The van der Waals surface area contributed by atoms with E-state index in [4.69, 9.17) is 4.74 Å². The number of ketones is 1. The molecule has 1 aromatic heterocycles. The maximum atomic E-state index is 13.6. The number of nitrogens with zero attached hydrogens (tertiary/aromatic N) is 1. The molecule has 0 saturated carbocycles. The van der Waals surface area contributed by atoms with Crippen molar-refractivity contribution in [2.45, 2.75) is 18.9 Å². The summed E-state index contributed by atoms with van der Waals surface area (Å²) in [5, 5.41) is 0.942. The number of carbonyl (C=O) groups excluding carboxylic acids is 2. The number of piperidine rings is 1. The smallest absolute Gasteiger partial charge is 0.308 e. The molecule has 144 valence electrons. The van der Waals surface area contributed by atoms with Gasteiger partial charge in [0, 0.05) is 35.8 Å². The molecule has 0 amide bonds. The number of para-hydroxylation sites is 1. The Labute approximate surface area is 164 Å². The average molecular weight is 376 g/mol. The van der Waals surface area contributed by atoms with Gasteiger partial charge in [0.1, 0.15) is 0 Å². The summed E-state index contributed by atoms with van der Waals surface area (Å²) in [7, 11) is 1.43. The van der Waals surface area contributed by atoms with Crippen LogP contribution in [-0.2, 0) is 9.53 Å². The third kappa shape index (κ3) is 3.45. The molecule has 5 heteroatoms. The number of nitrogens with one attached hydrogen (secondary N) is 1. The summed E-state index contributed by atoms with van der Waals surface area (Å²) in [6, 6.07) is 17.4. The van der Waals surface area contributed by atoms with Gasteiger partial charge in [-0.2, -0.15) is 0 Å². The van der Waals surface area contributed by atoms with Crippen LogP contribution in [0.5, 0.6) is 0 Å². The van der Waals surface area contributed by atoms with Crippen LogP contribution < -0.4 is 0 Å². The summed E-state index contributed by atoms with van der Waals surface area (Å²) in [5.41, 5.74) is 2.65. The van der Waals surface area contributed by atoms with Gasteiger partial charge in [0.2, 0.25) is 0 Å². The predicted octanol–water partition coefficient (Wildman–Crippen LogP) is 3.98. The standard InChI is InChI=1S/C23H24N2O3/c1-28-23(27)17-11-13-25(14-12-17)21(16-7-3-2-4-8-16)22(26)19-15-24-20-10-6-5-9-18(19)20/h2-10,15,17,21,24H,11-14H2,1H3. The van der Waals surface area contributed by atoms with Gasteiger partial charge in [-0.05, 0) is 24.5 Å². The molecule has 1 atom stereocenters. The second kappa shape index (κ2) is 7.98. The third-order valence-corrected chi connectivity index (χ3v) is 5.65. The van der Waals surface area contributed by atoms with E-state index < -0.39 is 0 Å². The third-order valence-electron chi connectivity index (χ3n) is 5.65. The van der Waals surface area contributed by atoms with Gasteiger partial charge >= 0.3 is 5.97 Å². The number of benzene rings is 2. The molecule has 1 unspecified atom stereocenters. The molecule has 1 N–H and O–H groups in total. The van der Waals surface area contributed by atoms with Crippen LogP contribution in [0.25, 0.3) is 10.9 Å². The van der Waals surface area contributed by atoms with E-state index in [0.29, 0.717) is 31.5 Å². The molecule has 5 nitrogen and oxygen atoms in total. The molecule has 3 aromatic rings. The van der Waals surface area contributed by atoms with Crippen LogP contribution in [0.4, 0.5) is 0 Å². The number of carbonyl (C=O) groups is 2. The van der Waals surface area contributed by atoms with E-state index in [9.17, 15) is 9.59 Å². The Morgan fingerprint density at radius 1 is 1.04 bits per heavy atom. The fourth-order valence-corrected chi connectivity index (χ4v) is 4.15. The lowest BCUT2D eigenvalue weighted by Crippen LogP contribution is -2.41. The highest BCUT2D eigenvalue weighted by Crippen LogP contribution is 2.32.